The second kappa shape index (κ2) is 9.24. The Labute approximate surface area is 175 Å². The quantitative estimate of drug-likeness (QED) is 0.394. The van der Waals surface area contributed by atoms with E-state index in [1.165, 1.54) is 16.2 Å². The van der Waals surface area contributed by atoms with Crippen LogP contribution in [-0.4, -0.2) is 55.5 Å². The predicted octanol–water partition coefficient (Wildman–Crippen LogP) is 2.10. The molecule has 7 heteroatoms. The first-order valence-electron chi connectivity index (χ1n) is 9.78. The minimum atomic E-state index is -0.644. The molecule has 3 rings (SSSR count). The SMILES string of the molecule is CCCOc1cccc(C(O)=C2C(=O)C(=O)N(CC[NH+](C)C)[C@H]2c2cccs2)c1. The lowest BCUT2D eigenvalue weighted by molar-refractivity contribution is -0.857. The highest BCUT2D eigenvalue weighted by Crippen LogP contribution is 2.41. The number of aliphatic hydroxyl groups excluding tert-OH is 1. The van der Waals surface area contributed by atoms with Crippen LogP contribution in [0.2, 0.25) is 0 Å². The molecule has 1 amide bonds. The highest BCUT2D eigenvalue weighted by Gasteiger charge is 2.46. The Bertz CT molecular complexity index is 905. The Balaban J connectivity index is 2.04. The van der Waals surface area contributed by atoms with E-state index in [1.54, 1.807) is 23.1 Å². The van der Waals surface area contributed by atoms with Crippen LogP contribution < -0.4 is 9.64 Å². The molecule has 1 aliphatic rings. The summed E-state index contributed by atoms with van der Waals surface area (Å²) >= 11 is 1.47. The summed E-state index contributed by atoms with van der Waals surface area (Å²) in [6, 6.07) is 10.2. The van der Waals surface area contributed by atoms with Crippen molar-refractivity contribution in [2.24, 2.45) is 0 Å². The molecule has 0 spiro atoms. The largest absolute Gasteiger partial charge is 0.507 e. The van der Waals surface area contributed by atoms with Crippen molar-refractivity contribution < 1.29 is 24.3 Å². The van der Waals surface area contributed by atoms with Crippen molar-refractivity contribution in [1.29, 1.82) is 0 Å². The number of likely N-dealkylation sites (N-methyl/N-ethyl adjacent to an activating group) is 1. The lowest BCUT2D eigenvalue weighted by Gasteiger charge is -2.24. The molecule has 2 aromatic rings. The number of carbonyl (C=O) groups is 2. The standard InChI is InChI=1S/C22H26N2O4S/c1-4-12-28-16-8-5-7-15(14-16)20(25)18-19(17-9-6-13-29-17)24(11-10-23(2)3)22(27)21(18)26/h5-9,13-14,19,25H,4,10-12H2,1-3H3/p+1/t19-/m0/s1. The van der Waals surface area contributed by atoms with E-state index < -0.39 is 17.7 Å². The number of rotatable bonds is 8. The second-order valence-electron chi connectivity index (χ2n) is 7.34. The van der Waals surface area contributed by atoms with Gasteiger partial charge in [-0.25, -0.2) is 0 Å². The number of Topliss-reactive ketones (excluding diaryl/α,β-unsaturated/α-hetero) is 1. The van der Waals surface area contributed by atoms with E-state index in [-0.39, 0.29) is 11.3 Å². The molecular weight excluding hydrogens is 388 g/mol. The molecule has 0 aliphatic carbocycles. The van der Waals surface area contributed by atoms with Crippen molar-refractivity contribution >= 4 is 28.8 Å². The van der Waals surface area contributed by atoms with Crippen LogP contribution in [0, 0.1) is 0 Å². The van der Waals surface area contributed by atoms with E-state index in [0.29, 0.717) is 31.0 Å². The molecule has 0 saturated carbocycles. The molecule has 0 bridgehead atoms. The summed E-state index contributed by atoms with van der Waals surface area (Å²) in [4.78, 5) is 29.3. The fourth-order valence-corrected chi connectivity index (χ4v) is 4.15. The number of thiophene rings is 1. The van der Waals surface area contributed by atoms with Crippen molar-refractivity contribution in [1.82, 2.24) is 4.90 Å². The number of ether oxygens (including phenoxy) is 1. The number of amides is 1. The molecule has 1 saturated heterocycles. The number of ketones is 1. The van der Waals surface area contributed by atoms with Crippen LogP contribution >= 0.6 is 11.3 Å². The van der Waals surface area contributed by atoms with Gasteiger partial charge in [0.25, 0.3) is 11.7 Å². The summed E-state index contributed by atoms with van der Waals surface area (Å²) < 4.78 is 5.65. The maximum Gasteiger partial charge on any atom is 0.295 e. The number of hydrogen-bond acceptors (Lipinski definition) is 5. The minimum absolute atomic E-state index is 0.138. The Hall–Kier alpha value is -2.64. The van der Waals surface area contributed by atoms with Gasteiger partial charge in [0.2, 0.25) is 0 Å². The summed E-state index contributed by atoms with van der Waals surface area (Å²) in [6.07, 6.45) is 0.869. The number of quaternary nitrogens is 1. The van der Waals surface area contributed by atoms with Crippen LogP contribution in [0.3, 0.4) is 0 Å². The molecule has 1 aromatic carbocycles. The lowest BCUT2D eigenvalue weighted by Crippen LogP contribution is -3.06. The third kappa shape index (κ3) is 4.52. The molecule has 2 heterocycles. The topological polar surface area (TPSA) is 71.3 Å². The van der Waals surface area contributed by atoms with Gasteiger partial charge in [-0.2, -0.15) is 0 Å². The van der Waals surface area contributed by atoms with Crippen LogP contribution in [0.15, 0.2) is 47.4 Å². The summed E-state index contributed by atoms with van der Waals surface area (Å²) in [7, 11) is 4.00. The Kier molecular flexibility index (Phi) is 6.71. The maximum atomic E-state index is 12.9. The van der Waals surface area contributed by atoms with Gasteiger partial charge in [-0.3, -0.25) is 9.59 Å². The first kappa shape index (κ1) is 21.1. The number of carbonyl (C=O) groups excluding carboxylic acids is 2. The third-order valence-corrected chi connectivity index (χ3v) is 5.71. The molecule has 0 radical (unpaired) electrons. The lowest BCUT2D eigenvalue weighted by atomic mass is 9.99. The van der Waals surface area contributed by atoms with Crippen LogP contribution in [0.1, 0.15) is 29.8 Å². The van der Waals surface area contributed by atoms with E-state index in [9.17, 15) is 14.7 Å². The maximum absolute atomic E-state index is 12.9. The van der Waals surface area contributed by atoms with Crippen molar-refractivity contribution in [3.63, 3.8) is 0 Å². The molecule has 6 nitrogen and oxygen atoms in total. The van der Waals surface area contributed by atoms with E-state index in [1.807, 2.05) is 44.6 Å². The van der Waals surface area contributed by atoms with Crippen molar-refractivity contribution in [3.8, 4) is 5.75 Å². The zero-order chi connectivity index (χ0) is 21.0. The number of likely N-dealkylation sites (tertiary alicyclic amines) is 1. The van der Waals surface area contributed by atoms with Crippen LogP contribution in [0.5, 0.6) is 5.75 Å². The molecule has 154 valence electrons. The van der Waals surface area contributed by atoms with Gasteiger partial charge in [0.05, 0.1) is 45.4 Å². The van der Waals surface area contributed by atoms with Gasteiger partial charge < -0.3 is 19.6 Å². The predicted molar refractivity (Wildman–Crippen MR) is 113 cm³/mol. The number of aliphatic hydroxyl groups is 1. The smallest absolute Gasteiger partial charge is 0.295 e. The highest BCUT2D eigenvalue weighted by atomic mass is 32.1. The molecule has 0 unspecified atom stereocenters. The third-order valence-electron chi connectivity index (χ3n) is 4.79. The number of benzene rings is 1. The van der Waals surface area contributed by atoms with Crippen molar-refractivity contribution in [2.45, 2.75) is 19.4 Å². The molecule has 1 atom stereocenters. The molecule has 29 heavy (non-hydrogen) atoms. The first-order valence-corrected chi connectivity index (χ1v) is 10.7. The van der Waals surface area contributed by atoms with Gasteiger partial charge >= 0.3 is 0 Å². The van der Waals surface area contributed by atoms with Crippen LogP contribution in [0.25, 0.3) is 5.76 Å². The van der Waals surface area contributed by atoms with Crippen molar-refractivity contribution in [3.05, 3.63) is 57.8 Å². The average Bonchev–Trinajstić information content (AvgIpc) is 3.32. The zero-order valence-corrected chi connectivity index (χ0v) is 17.8. The molecular formula is C22H27N2O4S+. The van der Waals surface area contributed by atoms with Gasteiger partial charge in [-0.05, 0) is 30.0 Å². The van der Waals surface area contributed by atoms with Crippen LogP contribution in [0.4, 0.5) is 0 Å². The zero-order valence-electron chi connectivity index (χ0n) is 17.0. The van der Waals surface area contributed by atoms with E-state index in [0.717, 1.165) is 11.3 Å². The Morgan fingerprint density at radius 1 is 1.24 bits per heavy atom. The summed E-state index contributed by atoms with van der Waals surface area (Å²) in [5.74, 6) is -0.753. The number of hydrogen-bond donors (Lipinski definition) is 2. The fourth-order valence-electron chi connectivity index (χ4n) is 3.31. The van der Waals surface area contributed by atoms with Gasteiger partial charge in [0.1, 0.15) is 11.5 Å². The van der Waals surface area contributed by atoms with E-state index in [4.69, 9.17) is 4.74 Å². The molecule has 1 aliphatic heterocycles. The highest BCUT2D eigenvalue weighted by molar-refractivity contribution is 7.10. The van der Waals surface area contributed by atoms with Gasteiger partial charge in [0.15, 0.2) is 0 Å². The van der Waals surface area contributed by atoms with E-state index >= 15 is 0 Å². The Morgan fingerprint density at radius 3 is 2.69 bits per heavy atom. The van der Waals surface area contributed by atoms with Crippen molar-refractivity contribution in [2.75, 3.05) is 33.8 Å². The van der Waals surface area contributed by atoms with Gasteiger partial charge in [-0.15, -0.1) is 11.3 Å². The normalized spacial score (nSPS) is 18.6. The summed E-state index contributed by atoms with van der Waals surface area (Å²) in [5.41, 5.74) is 0.607. The minimum Gasteiger partial charge on any atom is -0.507 e. The van der Waals surface area contributed by atoms with Gasteiger partial charge in [-0.1, -0.05) is 25.1 Å². The molecule has 1 fully saturated rings. The molecule has 2 N–H and O–H groups in total. The first-order chi connectivity index (χ1) is 13.9. The number of nitrogens with one attached hydrogen (secondary N) is 1. The second-order valence-corrected chi connectivity index (χ2v) is 8.32. The van der Waals surface area contributed by atoms with Crippen LogP contribution in [-0.2, 0) is 9.59 Å². The van der Waals surface area contributed by atoms with E-state index in [2.05, 4.69) is 0 Å². The summed E-state index contributed by atoms with van der Waals surface area (Å²) in [6.45, 7) is 3.72. The fraction of sp³-hybridized carbons (Fsp3) is 0.364. The van der Waals surface area contributed by atoms with Gasteiger partial charge in [0, 0.05) is 10.4 Å². The average molecular weight is 416 g/mol. The number of nitrogens with zero attached hydrogens (tertiary/aromatic N) is 1. The Morgan fingerprint density at radius 2 is 2.03 bits per heavy atom. The molecule has 1 aromatic heterocycles. The monoisotopic (exact) mass is 415 g/mol. The summed E-state index contributed by atoms with van der Waals surface area (Å²) in [5, 5.41) is 13.0.